The Kier molecular flexibility index (Phi) is 5.01. The zero-order chi connectivity index (χ0) is 16.1. The van der Waals surface area contributed by atoms with Crippen LogP contribution in [-0.4, -0.2) is 4.21 Å². The van der Waals surface area contributed by atoms with Gasteiger partial charge in [-0.15, -0.1) is 0 Å². The molecule has 0 aliphatic carbocycles. The molecule has 3 rings (SSSR count). The molecule has 2 nitrogen and oxygen atoms in total. The number of hydrogen-bond donors (Lipinski definition) is 0. The summed E-state index contributed by atoms with van der Waals surface area (Å²) in [7, 11) is 0. The molecule has 3 aromatic rings. The fourth-order valence-corrected chi connectivity index (χ4v) is 3.22. The summed E-state index contributed by atoms with van der Waals surface area (Å²) in [4.78, 5) is 0.674. The van der Waals surface area contributed by atoms with E-state index in [0.29, 0.717) is 4.90 Å². The van der Waals surface area contributed by atoms with Gasteiger partial charge in [-0.05, 0) is 30.2 Å². The molecule has 0 spiro atoms. The third-order valence-electron chi connectivity index (χ3n) is 3.60. The molecule has 0 radical (unpaired) electrons. The highest BCUT2D eigenvalue weighted by Gasteiger charge is 2.18. The average Bonchev–Trinajstić information content (AvgIpc) is 2.61. The van der Waals surface area contributed by atoms with E-state index in [4.69, 9.17) is 4.18 Å². The van der Waals surface area contributed by atoms with Gasteiger partial charge in [0, 0.05) is 0 Å². The van der Waals surface area contributed by atoms with Crippen LogP contribution in [0.3, 0.4) is 0 Å². The molecule has 3 aromatic carbocycles. The molecule has 0 saturated carbocycles. The van der Waals surface area contributed by atoms with E-state index in [0.717, 1.165) is 16.7 Å². The molecule has 1 unspecified atom stereocenters. The SMILES string of the molecule is Cc1ccc(S(=O)OC(c2ccccc2)c2ccccc2)cc1. The predicted octanol–water partition coefficient (Wildman–Crippen LogP) is 4.82. The lowest BCUT2D eigenvalue weighted by atomic mass is 10.0. The van der Waals surface area contributed by atoms with E-state index in [-0.39, 0.29) is 6.10 Å². The van der Waals surface area contributed by atoms with Gasteiger partial charge in [-0.2, -0.15) is 0 Å². The van der Waals surface area contributed by atoms with E-state index in [9.17, 15) is 4.21 Å². The Morgan fingerprint density at radius 3 is 1.70 bits per heavy atom. The summed E-state index contributed by atoms with van der Waals surface area (Å²) in [5, 5.41) is 0. The van der Waals surface area contributed by atoms with Crippen LogP contribution in [0.4, 0.5) is 0 Å². The van der Waals surface area contributed by atoms with Crippen molar-refractivity contribution >= 4 is 11.1 Å². The highest BCUT2D eigenvalue weighted by Crippen LogP contribution is 2.28. The second-order valence-electron chi connectivity index (χ2n) is 5.35. The van der Waals surface area contributed by atoms with Gasteiger partial charge in [-0.25, -0.2) is 4.21 Å². The van der Waals surface area contributed by atoms with Crippen LogP contribution < -0.4 is 0 Å². The van der Waals surface area contributed by atoms with E-state index in [1.165, 1.54) is 0 Å². The van der Waals surface area contributed by atoms with E-state index in [2.05, 4.69) is 0 Å². The molecule has 0 fully saturated rings. The third kappa shape index (κ3) is 3.95. The summed E-state index contributed by atoms with van der Waals surface area (Å²) in [6.45, 7) is 2.00. The van der Waals surface area contributed by atoms with Crippen LogP contribution in [-0.2, 0) is 15.3 Å². The lowest BCUT2D eigenvalue weighted by Gasteiger charge is -2.18. The van der Waals surface area contributed by atoms with Crippen molar-refractivity contribution in [2.24, 2.45) is 0 Å². The van der Waals surface area contributed by atoms with Crippen molar-refractivity contribution in [3.63, 3.8) is 0 Å². The number of rotatable bonds is 5. The average molecular weight is 322 g/mol. The van der Waals surface area contributed by atoms with E-state index in [1.807, 2.05) is 91.9 Å². The molecule has 0 aromatic heterocycles. The monoisotopic (exact) mass is 322 g/mol. The first-order chi connectivity index (χ1) is 11.2. The lowest BCUT2D eigenvalue weighted by Crippen LogP contribution is -2.09. The van der Waals surface area contributed by atoms with Crippen LogP contribution >= 0.6 is 0 Å². The topological polar surface area (TPSA) is 26.3 Å². The van der Waals surface area contributed by atoms with Gasteiger partial charge < -0.3 is 0 Å². The standard InChI is InChI=1S/C20H18O2S/c1-16-12-14-19(15-13-16)23(21)22-20(17-8-4-2-5-9-17)18-10-6-3-7-11-18/h2-15,20H,1H3. The molecule has 3 heteroatoms. The molecule has 0 saturated heterocycles. The van der Waals surface area contributed by atoms with Gasteiger partial charge in [-0.3, -0.25) is 4.18 Å². The first-order valence-corrected chi connectivity index (χ1v) is 8.57. The van der Waals surface area contributed by atoms with E-state index >= 15 is 0 Å². The minimum atomic E-state index is -1.52. The van der Waals surface area contributed by atoms with Gasteiger partial charge in [0.15, 0.2) is 11.1 Å². The summed E-state index contributed by atoms with van der Waals surface area (Å²) >= 11 is -1.52. The summed E-state index contributed by atoms with van der Waals surface area (Å²) in [5.41, 5.74) is 3.10. The minimum Gasteiger partial charge on any atom is -0.274 e. The predicted molar refractivity (Wildman–Crippen MR) is 93.4 cm³/mol. The van der Waals surface area contributed by atoms with Crippen molar-refractivity contribution in [1.82, 2.24) is 0 Å². The van der Waals surface area contributed by atoms with Gasteiger partial charge in [-0.1, -0.05) is 78.4 Å². The first-order valence-electron chi connectivity index (χ1n) is 7.49. The molecule has 0 N–H and O–H groups in total. The number of aryl methyl sites for hydroxylation is 1. The van der Waals surface area contributed by atoms with Crippen LogP contribution in [0.1, 0.15) is 22.8 Å². The lowest BCUT2D eigenvalue weighted by molar-refractivity contribution is 0.275. The fourth-order valence-electron chi connectivity index (χ4n) is 2.35. The Morgan fingerprint density at radius 1 is 0.739 bits per heavy atom. The Labute approximate surface area is 139 Å². The van der Waals surface area contributed by atoms with Crippen molar-refractivity contribution in [1.29, 1.82) is 0 Å². The third-order valence-corrected chi connectivity index (χ3v) is 4.63. The van der Waals surface area contributed by atoms with Crippen molar-refractivity contribution < 1.29 is 8.39 Å². The van der Waals surface area contributed by atoms with Crippen molar-refractivity contribution in [2.75, 3.05) is 0 Å². The maximum atomic E-state index is 12.6. The maximum absolute atomic E-state index is 12.6. The normalized spacial score (nSPS) is 12.3. The zero-order valence-corrected chi connectivity index (χ0v) is 13.7. The Hall–Kier alpha value is -2.23. The largest absolute Gasteiger partial charge is 0.274 e. The second kappa shape index (κ2) is 7.36. The van der Waals surface area contributed by atoms with Gasteiger partial charge in [0.2, 0.25) is 0 Å². The Morgan fingerprint density at radius 2 is 1.22 bits per heavy atom. The van der Waals surface area contributed by atoms with Gasteiger partial charge >= 0.3 is 0 Å². The van der Waals surface area contributed by atoms with Crippen LogP contribution in [0.5, 0.6) is 0 Å². The summed E-state index contributed by atoms with van der Waals surface area (Å²) in [6, 6.07) is 27.3. The second-order valence-corrected chi connectivity index (χ2v) is 6.48. The van der Waals surface area contributed by atoms with Gasteiger partial charge in [0.25, 0.3) is 0 Å². The van der Waals surface area contributed by atoms with Crippen LogP contribution in [0.15, 0.2) is 89.8 Å². The first kappa shape index (κ1) is 15.7. The zero-order valence-electron chi connectivity index (χ0n) is 12.9. The Balaban J connectivity index is 1.90. The summed E-state index contributed by atoms with van der Waals surface area (Å²) in [5.74, 6) is 0. The number of hydrogen-bond acceptors (Lipinski definition) is 2. The number of benzene rings is 3. The molecule has 1 atom stereocenters. The molecule has 0 aliphatic heterocycles. The Bertz CT molecular complexity index is 728. The maximum Gasteiger partial charge on any atom is 0.190 e. The smallest absolute Gasteiger partial charge is 0.190 e. The van der Waals surface area contributed by atoms with E-state index in [1.54, 1.807) is 0 Å². The molecule has 116 valence electrons. The molecular formula is C20H18O2S. The van der Waals surface area contributed by atoms with Crippen molar-refractivity contribution in [3.8, 4) is 0 Å². The minimum absolute atomic E-state index is 0.362. The highest BCUT2D eigenvalue weighted by molar-refractivity contribution is 7.80. The summed E-state index contributed by atoms with van der Waals surface area (Å²) in [6.07, 6.45) is -0.362. The fraction of sp³-hybridized carbons (Fsp3) is 0.100. The van der Waals surface area contributed by atoms with Gasteiger partial charge in [0.05, 0.1) is 4.90 Å². The van der Waals surface area contributed by atoms with Crippen molar-refractivity contribution in [2.45, 2.75) is 17.9 Å². The van der Waals surface area contributed by atoms with Crippen LogP contribution in [0.25, 0.3) is 0 Å². The summed E-state index contributed by atoms with van der Waals surface area (Å²) < 4.78 is 18.5. The van der Waals surface area contributed by atoms with Gasteiger partial charge in [0.1, 0.15) is 6.10 Å². The molecular weight excluding hydrogens is 304 g/mol. The van der Waals surface area contributed by atoms with Crippen molar-refractivity contribution in [3.05, 3.63) is 102 Å². The molecule has 23 heavy (non-hydrogen) atoms. The molecule has 0 bridgehead atoms. The van der Waals surface area contributed by atoms with Crippen LogP contribution in [0.2, 0.25) is 0 Å². The molecule has 0 heterocycles. The molecule has 0 aliphatic rings. The van der Waals surface area contributed by atoms with Crippen LogP contribution in [0, 0.1) is 6.92 Å². The quantitative estimate of drug-likeness (QED) is 0.673. The highest BCUT2D eigenvalue weighted by atomic mass is 32.2. The van der Waals surface area contributed by atoms with E-state index < -0.39 is 11.1 Å². The molecule has 0 amide bonds.